The second-order valence-corrected chi connectivity index (χ2v) is 8.00. The number of benzene rings is 1. The molecular formula is C21H23N7OS. The van der Waals surface area contributed by atoms with Crippen molar-refractivity contribution >= 4 is 34.4 Å². The largest absolute Gasteiger partial charge is 0.324 e. The molecule has 0 aliphatic rings. The van der Waals surface area contributed by atoms with Crippen molar-refractivity contribution in [1.82, 2.24) is 29.5 Å². The van der Waals surface area contributed by atoms with Gasteiger partial charge >= 0.3 is 0 Å². The minimum atomic E-state index is -0.120. The Kier molecular flexibility index (Phi) is 5.54. The van der Waals surface area contributed by atoms with Crippen LogP contribution in [-0.4, -0.2) is 41.2 Å². The van der Waals surface area contributed by atoms with Crippen LogP contribution in [0.15, 0.2) is 41.7 Å². The molecule has 0 aliphatic heterocycles. The average molecular weight is 422 g/mol. The van der Waals surface area contributed by atoms with E-state index in [-0.39, 0.29) is 11.7 Å². The van der Waals surface area contributed by atoms with Crippen LogP contribution < -0.4 is 5.32 Å². The van der Waals surface area contributed by atoms with E-state index in [0.29, 0.717) is 5.69 Å². The Bertz CT molecular complexity index is 1230. The first kappa shape index (κ1) is 20.1. The number of thioether (sulfide) groups is 1. The number of aryl methyl sites for hydroxylation is 3. The molecule has 0 radical (unpaired) electrons. The fourth-order valence-electron chi connectivity index (χ4n) is 3.38. The van der Waals surface area contributed by atoms with Crippen molar-refractivity contribution in [1.29, 1.82) is 0 Å². The maximum atomic E-state index is 12.5. The molecule has 154 valence electrons. The number of fused-ring (bicyclic) bond motifs is 1. The van der Waals surface area contributed by atoms with Gasteiger partial charge in [-0.15, -0.1) is 10.2 Å². The summed E-state index contributed by atoms with van der Waals surface area (Å²) in [6.45, 7) is 6.75. The van der Waals surface area contributed by atoms with E-state index in [1.54, 1.807) is 10.9 Å². The van der Waals surface area contributed by atoms with Crippen LogP contribution in [0.2, 0.25) is 0 Å². The summed E-state index contributed by atoms with van der Waals surface area (Å²) < 4.78 is 3.76. The zero-order valence-corrected chi connectivity index (χ0v) is 18.2. The van der Waals surface area contributed by atoms with Crippen LogP contribution in [0.3, 0.4) is 0 Å². The highest BCUT2D eigenvalue weighted by Gasteiger charge is 2.15. The van der Waals surface area contributed by atoms with Gasteiger partial charge in [0.2, 0.25) is 5.91 Å². The highest BCUT2D eigenvalue weighted by molar-refractivity contribution is 7.99. The normalized spacial score (nSPS) is 11.2. The van der Waals surface area contributed by atoms with Crippen molar-refractivity contribution in [2.75, 3.05) is 11.1 Å². The van der Waals surface area contributed by atoms with Crippen molar-refractivity contribution in [3.63, 3.8) is 0 Å². The van der Waals surface area contributed by atoms with Gasteiger partial charge in [-0.05, 0) is 32.9 Å². The summed E-state index contributed by atoms with van der Waals surface area (Å²) in [5.74, 6) is 0.923. The van der Waals surface area contributed by atoms with E-state index in [9.17, 15) is 4.79 Å². The van der Waals surface area contributed by atoms with Gasteiger partial charge in [0.1, 0.15) is 0 Å². The van der Waals surface area contributed by atoms with Crippen molar-refractivity contribution in [3.05, 3.63) is 47.8 Å². The number of rotatable bonds is 6. The number of anilines is 1. The van der Waals surface area contributed by atoms with Crippen LogP contribution in [0.1, 0.15) is 18.2 Å². The zero-order valence-electron chi connectivity index (χ0n) is 17.4. The van der Waals surface area contributed by atoms with Gasteiger partial charge in [-0.2, -0.15) is 5.10 Å². The SMILES string of the molecule is CCn1c(SCC(=O)Nc2cnc3c(c2)c(C)nn3C)nnc1-c1cccc(C)c1. The quantitative estimate of drug-likeness (QED) is 0.479. The topological polar surface area (TPSA) is 90.5 Å². The summed E-state index contributed by atoms with van der Waals surface area (Å²) in [7, 11) is 1.85. The van der Waals surface area contributed by atoms with E-state index >= 15 is 0 Å². The molecule has 0 saturated carbocycles. The lowest BCUT2D eigenvalue weighted by Gasteiger charge is -2.08. The van der Waals surface area contributed by atoms with Crippen LogP contribution in [0.4, 0.5) is 5.69 Å². The number of hydrogen-bond acceptors (Lipinski definition) is 6. The molecule has 3 heterocycles. The minimum absolute atomic E-state index is 0.120. The number of hydrogen-bond donors (Lipinski definition) is 1. The number of carbonyl (C=O) groups excluding carboxylic acids is 1. The highest BCUT2D eigenvalue weighted by Crippen LogP contribution is 2.25. The predicted octanol–water partition coefficient (Wildman–Crippen LogP) is 3.59. The van der Waals surface area contributed by atoms with Crippen LogP contribution >= 0.6 is 11.8 Å². The smallest absolute Gasteiger partial charge is 0.234 e. The van der Waals surface area contributed by atoms with E-state index in [1.807, 2.05) is 43.7 Å². The molecule has 4 aromatic rings. The summed E-state index contributed by atoms with van der Waals surface area (Å²) in [4.78, 5) is 16.9. The predicted molar refractivity (Wildman–Crippen MR) is 118 cm³/mol. The zero-order chi connectivity index (χ0) is 21.3. The highest BCUT2D eigenvalue weighted by atomic mass is 32.2. The Morgan fingerprint density at radius 1 is 1.20 bits per heavy atom. The summed E-state index contributed by atoms with van der Waals surface area (Å²) in [6.07, 6.45) is 1.65. The van der Waals surface area contributed by atoms with Crippen molar-refractivity contribution < 1.29 is 4.79 Å². The maximum absolute atomic E-state index is 12.5. The van der Waals surface area contributed by atoms with Gasteiger partial charge < -0.3 is 9.88 Å². The molecule has 3 aromatic heterocycles. The molecule has 0 fully saturated rings. The van der Waals surface area contributed by atoms with Crippen LogP contribution in [-0.2, 0) is 18.4 Å². The lowest BCUT2D eigenvalue weighted by Crippen LogP contribution is -2.15. The van der Waals surface area contributed by atoms with E-state index in [1.165, 1.54) is 17.3 Å². The lowest BCUT2D eigenvalue weighted by atomic mass is 10.1. The third-order valence-corrected chi connectivity index (χ3v) is 5.76. The summed E-state index contributed by atoms with van der Waals surface area (Å²) in [5.41, 5.74) is 4.51. The van der Waals surface area contributed by atoms with Crippen LogP contribution in [0.25, 0.3) is 22.4 Å². The van der Waals surface area contributed by atoms with Gasteiger partial charge in [0.15, 0.2) is 16.6 Å². The molecule has 1 amide bonds. The molecule has 0 bridgehead atoms. The minimum Gasteiger partial charge on any atom is -0.324 e. The molecule has 1 aromatic carbocycles. The van der Waals surface area contributed by atoms with Crippen LogP contribution in [0, 0.1) is 13.8 Å². The molecule has 0 unspecified atom stereocenters. The monoisotopic (exact) mass is 421 g/mol. The fourth-order valence-corrected chi connectivity index (χ4v) is 4.18. The van der Waals surface area contributed by atoms with Crippen molar-refractivity contribution in [3.8, 4) is 11.4 Å². The Morgan fingerprint density at radius 2 is 2.03 bits per heavy atom. The lowest BCUT2D eigenvalue weighted by molar-refractivity contribution is -0.113. The number of amides is 1. The average Bonchev–Trinajstić information content (AvgIpc) is 3.26. The molecule has 4 rings (SSSR count). The van der Waals surface area contributed by atoms with E-state index in [4.69, 9.17) is 0 Å². The van der Waals surface area contributed by atoms with Gasteiger partial charge in [0.25, 0.3) is 0 Å². The standard InChI is InChI=1S/C21H23N7OS/c1-5-28-19(15-8-6-7-13(2)9-15)24-25-21(28)30-12-18(29)23-16-10-17-14(3)26-27(4)20(17)22-11-16/h6-11H,5,12H2,1-4H3,(H,23,29). The molecule has 1 N–H and O–H groups in total. The van der Waals surface area contributed by atoms with Gasteiger partial charge in [-0.1, -0.05) is 35.5 Å². The van der Waals surface area contributed by atoms with Gasteiger partial charge in [0, 0.05) is 24.5 Å². The van der Waals surface area contributed by atoms with E-state index in [2.05, 4.69) is 44.7 Å². The maximum Gasteiger partial charge on any atom is 0.234 e. The van der Waals surface area contributed by atoms with Crippen LogP contribution in [0.5, 0.6) is 0 Å². The van der Waals surface area contributed by atoms with E-state index in [0.717, 1.165) is 39.8 Å². The molecule has 30 heavy (non-hydrogen) atoms. The third kappa shape index (κ3) is 3.93. The van der Waals surface area contributed by atoms with Crippen molar-refractivity contribution in [2.24, 2.45) is 7.05 Å². The van der Waals surface area contributed by atoms with Gasteiger partial charge in [0.05, 0.1) is 23.3 Å². The first-order chi connectivity index (χ1) is 14.5. The Hall–Kier alpha value is -3.20. The van der Waals surface area contributed by atoms with E-state index < -0.39 is 0 Å². The second-order valence-electron chi connectivity index (χ2n) is 7.06. The Labute approximate surface area is 178 Å². The molecule has 0 aliphatic carbocycles. The second kappa shape index (κ2) is 8.27. The number of carbonyl (C=O) groups is 1. The third-order valence-electron chi connectivity index (χ3n) is 4.79. The number of nitrogens with zero attached hydrogens (tertiary/aromatic N) is 6. The summed E-state index contributed by atoms with van der Waals surface area (Å²) >= 11 is 1.37. The molecule has 8 nitrogen and oxygen atoms in total. The molecule has 9 heteroatoms. The Morgan fingerprint density at radius 3 is 2.80 bits per heavy atom. The first-order valence-corrected chi connectivity index (χ1v) is 10.7. The fraction of sp³-hybridized carbons (Fsp3) is 0.286. The number of pyridine rings is 1. The summed E-state index contributed by atoms with van der Waals surface area (Å²) in [6, 6.07) is 10.1. The number of aromatic nitrogens is 6. The molecule has 0 saturated heterocycles. The Balaban J connectivity index is 1.46. The van der Waals surface area contributed by atoms with Gasteiger partial charge in [-0.3, -0.25) is 9.48 Å². The molecule has 0 atom stereocenters. The number of nitrogens with one attached hydrogen (secondary N) is 1. The van der Waals surface area contributed by atoms with Gasteiger partial charge in [-0.25, -0.2) is 4.98 Å². The first-order valence-electron chi connectivity index (χ1n) is 9.68. The summed E-state index contributed by atoms with van der Waals surface area (Å²) in [5, 5.41) is 17.6. The van der Waals surface area contributed by atoms with Crippen molar-refractivity contribution in [2.45, 2.75) is 32.5 Å². The molecular weight excluding hydrogens is 398 g/mol. The molecule has 0 spiro atoms.